The molecule has 3 heterocycles. The number of fused-ring (bicyclic) bond motifs is 1. The number of nitrogens with one attached hydrogen (secondary N) is 1. The van der Waals surface area contributed by atoms with Crippen molar-refractivity contribution in [3.63, 3.8) is 0 Å². The molecule has 1 saturated heterocycles. The fourth-order valence-electron chi connectivity index (χ4n) is 4.51. The van der Waals surface area contributed by atoms with Crippen LogP contribution in [0.5, 0.6) is 5.75 Å². The van der Waals surface area contributed by atoms with Gasteiger partial charge in [-0.25, -0.2) is 14.5 Å². The van der Waals surface area contributed by atoms with E-state index in [1.165, 1.54) is 0 Å². The van der Waals surface area contributed by atoms with Gasteiger partial charge in [0.1, 0.15) is 17.2 Å². The summed E-state index contributed by atoms with van der Waals surface area (Å²) in [4.78, 5) is 25.0. The third-order valence-electron chi connectivity index (χ3n) is 6.16. The van der Waals surface area contributed by atoms with Crippen molar-refractivity contribution >= 4 is 34.3 Å². The second-order valence-electron chi connectivity index (χ2n) is 10.2. The molecular weight excluding hydrogens is 470 g/mol. The minimum atomic E-state index is -0.520. The highest BCUT2D eigenvalue weighted by Crippen LogP contribution is 2.32. The summed E-state index contributed by atoms with van der Waals surface area (Å²) < 4.78 is 7.37. The quantitative estimate of drug-likeness (QED) is 0.414. The van der Waals surface area contributed by atoms with E-state index >= 15 is 0 Å². The van der Waals surface area contributed by atoms with Crippen LogP contribution in [0.3, 0.4) is 0 Å². The molecular formula is C27H31N7O3. The van der Waals surface area contributed by atoms with E-state index < -0.39 is 5.60 Å². The number of phenols is 1. The Morgan fingerprint density at radius 1 is 1.11 bits per heavy atom. The number of ether oxygens (including phenoxy) is 1. The van der Waals surface area contributed by atoms with E-state index in [-0.39, 0.29) is 17.9 Å². The molecule has 2 aromatic heterocycles. The highest BCUT2D eigenvalue weighted by atomic mass is 16.6. The van der Waals surface area contributed by atoms with Gasteiger partial charge in [-0.15, -0.1) is 5.10 Å². The molecule has 0 saturated carbocycles. The van der Waals surface area contributed by atoms with Crippen LogP contribution in [-0.2, 0) is 4.74 Å². The summed E-state index contributed by atoms with van der Waals surface area (Å²) >= 11 is 0. The number of carbonyl (C=O) groups is 1. The molecule has 5 rings (SSSR count). The zero-order valence-electron chi connectivity index (χ0n) is 21.4. The molecule has 0 bridgehead atoms. The number of anilines is 3. The van der Waals surface area contributed by atoms with Gasteiger partial charge in [0.2, 0.25) is 0 Å². The van der Waals surface area contributed by atoms with Gasteiger partial charge in [0, 0.05) is 55.2 Å². The SMILES string of the molecule is C[C@H]1CN(C(=O)OC(C)(C)C)CCN1c1cccc(-n2nc(Nc3cnccn3)c3ccc(O)cc32)c1. The highest BCUT2D eigenvalue weighted by molar-refractivity contribution is 5.93. The van der Waals surface area contributed by atoms with Crippen molar-refractivity contribution in [2.75, 3.05) is 29.9 Å². The van der Waals surface area contributed by atoms with Crippen molar-refractivity contribution in [2.24, 2.45) is 0 Å². The predicted molar refractivity (Wildman–Crippen MR) is 143 cm³/mol. The van der Waals surface area contributed by atoms with Gasteiger partial charge in [-0.1, -0.05) is 6.07 Å². The normalized spacial score (nSPS) is 16.2. The number of nitrogens with zero attached hydrogens (tertiary/aromatic N) is 6. The average molecular weight is 502 g/mol. The van der Waals surface area contributed by atoms with Crippen LogP contribution in [0.4, 0.5) is 22.1 Å². The maximum absolute atomic E-state index is 12.6. The van der Waals surface area contributed by atoms with Gasteiger partial charge in [0.25, 0.3) is 0 Å². The van der Waals surface area contributed by atoms with Crippen LogP contribution in [0.25, 0.3) is 16.6 Å². The van der Waals surface area contributed by atoms with Crippen LogP contribution in [-0.4, -0.2) is 67.1 Å². The third-order valence-corrected chi connectivity index (χ3v) is 6.16. The fraction of sp³-hybridized carbons (Fsp3) is 0.333. The molecule has 1 amide bonds. The first-order chi connectivity index (χ1) is 17.7. The Morgan fingerprint density at radius 3 is 2.65 bits per heavy atom. The second kappa shape index (κ2) is 9.61. The van der Waals surface area contributed by atoms with E-state index in [1.807, 2.05) is 39.0 Å². The first kappa shape index (κ1) is 24.4. The number of phenolic OH excluding ortho intramolecular Hbond substituents is 1. The minimum absolute atomic E-state index is 0.101. The van der Waals surface area contributed by atoms with Crippen molar-refractivity contribution in [1.29, 1.82) is 0 Å². The van der Waals surface area contributed by atoms with Crippen molar-refractivity contribution in [2.45, 2.75) is 39.3 Å². The van der Waals surface area contributed by atoms with Crippen molar-refractivity contribution in [1.82, 2.24) is 24.6 Å². The van der Waals surface area contributed by atoms with E-state index in [0.29, 0.717) is 31.3 Å². The summed E-state index contributed by atoms with van der Waals surface area (Å²) in [5, 5.41) is 19.1. The van der Waals surface area contributed by atoms with E-state index in [1.54, 1.807) is 40.3 Å². The number of piperazine rings is 1. The molecule has 4 aromatic rings. The van der Waals surface area contributed by atoms with E-state index in [0.717, 1.165) is 22.3 Å². The Balaban J connectivity index is 1.43. The zero-order valence-corrected chi connectivity index (χ0v) is 21.4. The van der Waals surface area contributed by atoms with Crippen LogP contribution in [0.2, 0.25) is 0 Å². The third kappa shape index (κ3) is 5.28. The smallest absolute Gasteiger partial charge is 0.410 e. The first-order valence-electron chi connectivity index (χ1n) is 12.3. The Morgan fingerprint density at radius 2 is 1.92 bits per heavy atom. The van der Waals surface area contributed by atoms with E-state index in [2.05, 4.69) is 39.2 Å². The lowest BCUT2D eigenvalue weighted by Gasteiger charge is -2.41. The number of rotatable bonds is 4. The molecule has 1 fully saturated rings. The molecule has 2 aromatic carbocycles. The average Bonchev–Trinajstić information content (AvgIpc) is 3.21. The molecule has 2 N–H and O–H groups in total. The number of benzene rings is 2. The maximum atomic E-state index is 12.6. The summed E-state index contributed by atoms with van der Waals surface area (Å²) in [5.41, 5.74) is 2.11. The van der Waals surface area contributed by atoms with Crippen molar-refractivity contribution in [3.05, 3.63) is 61.1 Å². The van der Waals surface area contributed by atoms with Gasteiger partial charge >= 0.3 is 6.09 Å². The molecule has 0 spiro atoms. The lowest BCUT2D eigenvalue weighted by atomic mass is 10.1. The topological polar surface area (TPSA) is 109 Å². The van der Waals surface area contributed by atoms with Crippen LogP contribution in [0.1, 0.15) is 27.7 Å². The number of aromatic hydroxyl groups is 1. The van der Waals surface area contributed by atoms with Crippen LogP contribution in [0.15, 0.2) is 61.1 Å². The number of carbonyl (C=O) groups excluding carboxylic acids is 1. The van der Waals surface area contributed by atoms with Gasteiger partial charge in [-0.2, -0.15) is 0 Å². The number of hydrogen-bond donors (Lipinski definition) is 2. The van der Waals surface area contributed by atoms with Gasteiger partial charge in [0.05, 0.1) is 17.4 Å². The molecule has 1 aliphatic rings. The number of aromatic nitrogens is 4. The molecule has 1 atom stereocenters. The van der Waals surface area contributed by atoms with Gasteiger partial charge < -0.3 is 25.0 Å². The maximum Gasteiger partial charge on any atom is 0.410 e. The summed E-state index contributed by atoms with van der Waals surface area (Å²) in [6, 6.07) is 13.4. The van der Waals surface area contributed by atoms with E-state index in [4.69, 9.17) is 9.84 Å². The van der Waals surface area contributed by atoms with Crippen LogP contribution >= 0.6 is 0 Å². The Hall–Kier alpha value is -4.34. The van der Waals surface area contributed by atoms with Gasteiger partial charge in [-0.3, -0.25) is 4.98 Å². The second-order valence-corrected chi connectivity index (χ2v) is 10.2. The van der Waals surface area contributed by atoms with Gasteiger partial charge in [0.15, 0.2) is 5.82 Å². The lowest BCUT2D eigenvalue weighted by Crippen LogP contribution is -2.54. The van der Waals surface area contributed by atoms with Crippen LogP contribution < -0.4 is 10.2 Å². The lowest BCUT2D eigenvalue weighted by molar-refractivity contribution is 0.0219. The monoisotopic (exact) mass is 501 g/mol. The molecule has 0 aliphatic carbocycles. The summed E-state index contributed by atoms with van der Waals surface area (Å²) in [5.74, 6) is 1.34. The Bertz CT molecular complexity index is 1410. The summed E-state index contributed by atoms with van der Waals surface area (Å²) in [7, 11) is 0. The predicted octanol–water partition coefficient (Wildman–Crippen LogP) is 4.71. The zero-order chi connectivity index (χ0) is 26.2. The molecule has 0 radical (unpaired) electrons. The molecule has 192 valence electrons. The Kier molecular flexibility index (Phi) is 6.32. The van der Waals surface area contributed by atoms with E-state index in [9.17, 15) is 9.90 Å². The number of amides is 1. The summed E-state index contributed by atoms with van der Waals surface area (Å²) in [6.45, 7) is 9.57. The van der Waals surface area contributed by atoms with Crippen molar-refractivity contribution in [3.8, 4) is 11.4 Å². The highest BCUT2D eigenvalue weighted by Gasteiger charge is 2.30. The molecule has 10 heteroatoms. The number of hydrogen-bond acceptors (Lipinski definition) is 8. The minimum Gasteiger partial charge on any atom is -0.508 e. The Labute approximate surface area is 215 Å². The standard InChI is InChI=1S/C27H31N7O3/c1-18-17-32(26(36)37-27(2,3)4)12-13-33(18)19-6-5-7-20(14-19)34-23-15-21(35)8-9-22(23)25(31-34)30-24-16-28-10-11-29-24/h5-11,14-16,18,35H,12-13,17H2,1-4H3,(H,29,30,31)/t18-/m0/s1. The molecule has 0 unspecified atom stereocenters. The molecule has 1 aliphatic heterocycles. The fourth-order valence-corrected chi connectivity index (χ4v) is 4.51. The van der Waals surface area contributed by atoms with Crippen LogP contribution in [0, 0.1) is 0 Å². The molecule has 10 nitrogen and oxygen atoms in total. The summed E-state index contributed by atoms with van der Waals surface area (Å²) in [6.07, 6.45) is 4.57. The van der Waals surface area contributed by atoms with Crippen molar-refractivity contribution < 1.29 is 14.6 Å². The molecule has 37 heavy (non-hydrogen) atoms. The van der Waals surface area contributed by atoms with Gasteiger partial charge in [-0.05, 0) is 58.0 Å². The first-order valence-corrected chi connectivity index (χ1v) is 12.3. The largest absolute Gasteiger partial charge is 0.508 e.